The molecule has 66 heavy (non-hydrogen) atoms. The number of phosphoric ester groups is 2. The minimum Gasteiger partial charge on any atom is -0.462 e. The SMILES string of the molecule is CC/C=C\CCCCCCCCCCCCCC(=O)O[C@H](COC(=O)CCC/C=C\C/C=C\C/C=C\C/C=C\CC[C@@H](O)CC)COP(=O)(O)O[C@H]1C(O)C(O)C(O)[C@@H](OP(=O)(O)O)C1O. The van der Waals surface area contributed by atoms with Crippen molar-refractivity contribution < 1.29 is 82.0 Å². The van der Waals surface area contributed by atoms with Crippen molar-refractivity contribution in [1.82, 2.24) is 0 Å². The van der Waals surface area contributed by atoms with Crippen molar-refractivity contribution in [3.63, 3.8) is 0 Å². The lowest BCUT2D eigenvalue weighted by molar-refractivity contribution is -0.216. The van der Waals surface area contributed by atoms with Gasteiger partial charge in [-0.25, -0.2) is 9.13 Å². The highest BCUT2D eigenvalue weighted by Gasteiger charge is 2.54. The topological polar surface area (TPSA) is 276 Å². The van der Waals surface area contributed by atoms with E-state index in [1.807, 2.05) is 25.2 Å². The van der Waals surface area contributed by atoms with Crippen LogP contribution in [0.1, 0.15) is 162 Å². The molecule has 382 valence electrons. The van der Waals surface area contributed by atoms with E-state index in [2.05, 4.69) is 54.0 Å². The Labute approximate surface area is 392 Å². The lowest BCUT2D eigenvalue weighted by atomic mass is 9.85. The third-order valence-electron chi connectivity index (χ3n) is 10.7. The molecule has 1 aliphatic carbocycles. The number of carbonyl (C=O) groups excluding carboxylic acids is 2. The highest BCUT2D eigenvalue weighted by molar-refractivity contribution is 7.47. The molecule has 0 spiro atoms. The second-order valence-electron chi connectivity index (χ2n) is 16.6. The van der Waals surface area contributed by atoms with Crippen LogP contribution in [0.2, 0.25) is 0 Å². The molecule has 5 unspecified atom stereocenters. The Hall–Kier alpha value is -2.34. The molecule has 0 radical (unpaired) electrons. The normalized spacial score (nSPS) is 22.5. The highest BCUT2D eigenvalue weighted by Crippen LogP contribution is 2.49. The summed E-state index contributed by atoms with van der Waals surface area (Å²) in [5.41, 5.74) is 0. The third-order valence-corrected chi connectivity index (χ3v) is 12.2. The molecular weight excluding hydrogens is 898 g/mol. The van der Waals surface area contributed by atoms with Crippen LogP contribution in [-0.2, 0) is 41.8 Å². The second-order valence-corrected chi connectivity index (χ2v) is 19.2. The van der Waals surface area contributed by atoms with Gasteiger partial charge in [-0.1, -0.05) is 132 Å². The molecule has 0 aromatic rings. The first kappa shape index (κ1) is 61.7. The smallest absolute Gasteiger partial charge is 0.462 e. The number of rotatable bonds is 39. The minimum atomic E-state index is -5.37. The lowest BCUT2D eigenvalue weighted by Crippen LogP contribution is -2.64. The quantitative estimate of drug-likeness (QED) is 0.0125. The van der Waals surface area contributed by atoms with Crippen molar-refractivity contribution in [3.05, 3.63) is 60.8 Å². The zero-order valence-electron chi connectivity index (χ0n) is 39.2. The van der Waals surface area contributed by atoms with Crippen molar-refractivity contribution in [1.29, 1.82) is 0 Å². The first-order chi connectivity index (χ1) is 31.5. The average molecular weight is 981 g/mol. The number of hydrogen-bond acceptors (Lipinski definition) is 14. The molecule has 0 heterocycles. The maximum Gasteiger partial charge on any atom is 0.472 e. The fourth-order valence-electron chi connectivity index (χ4n) is 6.88. The first-order valence-corrected chi connectivity index (χ1v) is 26.9. The van der Waals surface area contributed by atoms with E-state index < -0.39 is 83.5 Å². The van der Waals surface area contributed by atoms with E-state index in [9.17, 15) is 58.9 Å². The molecule has 9 atom stereocenters. The Morgan fingerprint density at radius 1 is 0.545 bits per heavy atom. The standard InChI is InChI=1S/C47H82O17P2/c1-3-5-6-7-8-9-10-11-12-17-20-23-26-29-32-35-41(50)62-39(37-61-66(58,59)64-47-44(53)42(51)43(52)46(45(47)54)63-65(55,56)57)36-60-40(49)34-31-28-25-22-19-16-14-13-15-18-21-24-27-30-33-38(48)4-2/h5-6,14-16,18,22,24-25,27,38-39,42-48,51-54H,3-4,7-13,17,19-21,23,26,28-37H2,1-2H3,(H,58,59)(H2,55,56,57)/b6-5-,16-14-,18-15-,25-22-,27-24-/t38-,39+,42?,43?,44?,45?,46+,47-/m0/s1. The number of esters is 2. The van der Waals surface area contributed by atoms with Crippen LogP contribution in [0.4, 0.5) is 0 Å². The van der Waals surface area contributed by atoms with E-state index in [-0.39, 0.29) is 18.9 Å². The zero-order chi connectivity index (χ0) is 49.1. The molecular formula is C47H82O17P2. The molecule has 17 nitrogen and oxygen atoms in total. The van der Waals surface area contributed by atoms with Crippen LogP contribution in [0.15, 0.2) is 60.8 Å². The summed E-state index contributed by atoms with van der Waals surface area (Å²) in [7, 11) is -10.7. The van der Waals surface area contributed by atoms with Crippen LogP contribution in [0, 0.1) is 0 Å². The van der Waals surface area contributed by atoms with Crippen molar-refractivity contribution >= 4 is 27.6 Å². The number of allylic oxidation sites excluding steroid dienone is 10. The van der Waals surface area contributed by atoms with E-state index in [0.29, 0.717) is 19.3 Å². The Kier molecular flexibility index (Phi) is 35.1. The summed E-state index contributed by atoms with van der Waals surface area (Å²) < 4.78 is 49.3. The molecule has 0 aromatic heterocycles. The summed E-state index contributed by atoms with van der Waals surface area (Å²) in [6.45, 7) is 2.70. The monoisotopic (exact) mass is 981 g/mol. The molecule has 8 N–H and O–H groups in total. The van der Waals surface area contributed by atoms with Crippen LogP contribution in [0.3, 0.4) is 0 Å². The summed E-state index contributed by atoms with van der Waals surface area (Å²) in [5.74, 6) is -1.29. The molecule has 0 amide bonds. The van der Waals surface area contributed by atoms with Crippen molar-refractivity contribution in [3.8, 4) is 0 Å². The number of phosphoric acid groups is 2. The van der Waals surface area contributed by atoms with E-state index in [0.717, 1.165) is 77.0 Å². The van der Waals surface area contributed by atoms with Crippen molar-refractivity contribution in [2.24, 2.45) is 0 Å². The van der Waals surface area contributed by atoms with Crippen molar-refractivity contribution in [2.45, 2.75) is 210 Å². The van der Waals surface area contributed by atoms with Gasteiger partial charge in [0.25, 0.3) is 0 Å². The van der Waals surface area contributed by atoms with Gasteiger partial charge < -0.3 is 49.7 Å². The van der Waals surface area contributed by atoms with Crippen LogP contribution in [-0.4, -0.2) is 114 Å². The van der Waals surface area contributed by atoms with Gasteiger partial charge in [0.05, 0.1) is 12.7 Å². The first-order valence-electron chi connectivity index (χ1n) is 23.9. The number of hydrogen-bond donors (Lipinski definition) is 8. The fourth-order valence-corrected chi connectivity index (χ4v) is 8.42. The van der Waals surface area contributed by atoms with Gasteiger partial charge in [0.1, 0.15) is 43.2 Å². The maximum atomic E-state index is 13.0. The van der Waals surface area contributed by atoms with E-state index >= 15 is 0 Å². The molecule has 1 saturated carbocycles. The molecule has 1 rings (SSSR count). The Balaban J connectivity index is 2.62. The van der Waals surface area contributed by atoms with Gasteiger partial charge in [-0.2, -0.15) is 0 Å². The summed E-state index contributed by atoms with van der Waals surface area (Å²) >= 11 is 0. The third kappa shape index (κ3) is 31.7. The number of ether oxygens (including phenoxy) is 2. The Morgan fingerprint density at radius 3 is 1.56 bits per heavy atom. The van der Waals surface area contributed by atoms with E-state index in [1.54, 1.807) is 0 Å². The maximum absolute atomic E-state index is 13.0. The van der Waals surface area contributed by atoms with Crippen LogP contribution < -0.4 is 0 Å². The summed E-state index contributed by atoms with van der Waals surface area (Å²) in [6.07, 6.45) is 25.5. The van der Waals surface area contributed by atoms with Gasteiger partial charge >= 0.3 is 27.6 Å². The molecule has 0 bridgehead atoms. The van der Waals surface area contributed by atoms with Crippen molar-refractivity contribution in [2.75, 3.05) is 13.2 Å². The van der Waals surface area contributed by atoms with E-state index in [4.69, 9.17) is 18.5 Å². The number of aliphatic hydroxyl groups excluding tert-OH is 5. The Bertz CT molecular complexity index is 1530. The predicted octanol–water partition coefficient (Wildman–Crippen LogP) is 8.03. The minimum absolute atomic E-state index is 0.0227. The Morgan fingerprint density at radius 2 is 1.02 bits per heavy atom. The lowest BCUT2D eigenvalue weighted by Gasteiger charge is -2.43. The predicted molar refractivity (Wildman–Crippen MR) is 252 cm³/mol. The number of carbonyl (C=O) groups is 2. The van der Waals surface area contributed by atoms with E-state index in [1.165, 1.54) is 38.5 Å². The summed E-state index contributed by atoms with van der Waals surface area (Å²) in [5, 5.41) is 50.8. The number of unbranched alkanes of at least 4 members (excludes halogenated alkanes) is 12. The van der Waals surface area contributed by atoms with Gasteiger partial charge in [-0.15, -0.1) is 0 Å². The molecule has 0 aliphatic heterocycles. The van der Waals surface area contributed by atoms with Gasteiger partial charge in [-0.3, -0.25) is 23.2 Å². The second kappa shape index (κ2) is 37.5. The van der Waals surface area contributed by atoms with Crippen LogP contribution >= 0.6 is 15.6 Å². The summed E-state index contributed by atoms with van der Waals surface area (Å²) in [6, 6.07) is 0. The fraction of sp³-hybridized carbons (Fsp3) is 0.745. The molecule has 0 aromatic carbocycles. The molecule has 19 heteroatoms. The van der Waals surface area contributed by atoms with Gasteiger partial charge in [0.15, 0.2) is 6.10 Å². The van der Waals surface area contributed by atoms with Gasteiger partial charge in [-0.05, 0) is 77.0 Å². The van der Waals surface area contributed by atoms with Gasteiger partial charge in [0.2, 0.25) is 0 Å². The highest BCUT2D eigenvalue weighted by atomic mass is 31.2. The molecule has 0 saturated heterocycles. The van der Waals surface area contributed by atoms with Crippen LogP contribution in [0.5, 0.6) is 0 Å². The zero-order valence-corrected chi connectivity index (χ0v) is 41.0. The largest absolute Gasteiger partial charge is 0.472 e. The van der Waals surface area contributed by atoms with Crippen LogP contribution in [0.25, 0.3) is 0 Å². The average Bonchev–Trinajstić information content (AvgIpc) is 3.27. The molecule has 1 fully saturated rings. The van der Waals surface area contributed by atoms with Gasteiger partial charge in [0, 0.05) is 12.8 Å². The number of aliphatic hydroxyl groups is 5. The molecule has 1 aliphatic rings. The summed E-state index contributed by atoms with van der Waals surface area (Å²) in [4.78, 5) is 54.3.